The van der Waals surface area contributed by atoms with Gasteiger partial charge in [-0.25, -0.2) is 9.97 Å². The highest BCUT2D eigenvalue weighted by Crippen LogP contribution is 2.42. The van der Waals surface area contributed by atoms with Crippen molar-refractivity contribution in [1.29, 1.82) is 0 Å². The average Bonchev–Trinajstić information content (AvgIpc) is 2.77. The second kappa shape index (κ2) is 6.11. The van der Waals surface area contributed by atoms with Crippen molar-refractivity contribution in [1.82, 2.24) is 9.97 Å². The Morgan fingerprint density at radius 2 is 2.04 bits per heavy atom. The molecule has 1 aliphatic heterocycles. The number of benzene rings is 1. The summed E-state index contributed by atoms with van der Waals surface area (Å²) < 4.78 is 34.5. The Bertz CT molecular complexity index is 783. The zero-order valence-corrected chi connectivity index (χ0v) is 13.2. The molecule has 0 unspecified atom stereocenters. The Morgan fingerprint density at radius 3 is 2.79 bits per heavy atom. The normalized spacial score (nSPS) is 14.5. The lowest BCUT2D eigenvalue weighted by atomic mass is 10.3. The van der Waals surface area contributed by atoms with E-state index in [0.717, 1.165) is 11.8 Å². The minimum Gasteiger partial charge on any atom is -0.395 e. The number of hydrogen-bond acceptors (Lipinski definition) is 7. The third-order valence-corrected chi connectivity index (χ3v) is 3.72. The van der Waals surface area contributed by atoms with Crippen molar-refractivity contribution in [2.24, 2.45) is 0 Å². The van der Waals surface area contributed by atoms with Gasteiger partial charge in [0.1, 0.15) is 5.82 Å². The van der Waals surface area contributed by atoms with Crippen LogP contribution in [-0.4, -0.2) is 27.9 Å². The van der Waals surface area contributed by atoms with Crippen molar-refractivity contribution in [2.75, 3.05) is 16.8 Å². The van der Waals surface area contributed by atoms with Crippen molar-refractivity contribution in [3.05, 3.63) is 30.0 Å². The third-order valence-electron chi connectivity index (χ3n) is 2.87. The van der Waals surface area contributed by atoms with Crippen molar-refractivity contribution in [3.63, 3.8) is 0 Å². The standard InChI is InChI=1S/C14H12F2N4O3S/c1-7-4-11(17)20-13(18-7)24-6-12(21)19-8-2-3-9-10(5-8)23-14(15,16)22-9/h2-5H,6H2,1H3,(H,19,21)(H2,17,18,20). The van der Waals surface area contributed by atoms with Crippen molar-refractivity contribution < 1.29 is 23.0 Å². The number of hydrogen-bond donors (Lipinski definition) is 2. The lowest BCUT2D eigenvalue weighted by Gasteiger charge is -2.06. The molecule has 0 atom stereocenters. The molecule has 0 bridgehead atoms. The number of halogens is 2. The maximum absolute atomic E-state index is 12.9. The smallest absolute Gasteiger partial charge is 0.395 e. The molecule has 0 spiro atoms. The summed E-state index contributed by atoms with van der Waals surface area (Å²) in [5.74, 6) is -0.222. The number of alkyl halides is 2. The maximum atomic E-state index is 12.9. The van der Waals surface area contributed by atoms with Gasteiger partial charge < -0.3 is 20.5 Å². The predicted octanol–water partition coefficient (Wildman–Crippen LogP) is 2.42. The summed E-state index contributed by atoms with van der Waals surface area (Å²) in [5, 5.41) is 2.95. The fourth-order valence-electron chi connectivity index (χ4n) is 1.98. The molecule has 3 rings (SSSR count). The van der Waals surface area contributed by atoms with Gasteiger partial charge >= 0.3 is 6.29 Å². The van der Waals surface area contributed by atoms with Crippen molar-refractivity contribution >= 4 is 29.2 Å². The number of rotatable bonds is 4. The Balaban J connectivity index is 1.60. The monoisotopic (exact) mass is 354 g/mol. The van der Waals surface area contributed by atoms with Gasteiger partial charge in [0.15, 0.2) is 16.7 Å². The first kappa shape index (κ1) is 16.2. The number of amides is 1. The van der Waals surface area contributed by atoms with E-state index in [1.807, 2.05) is 0 Å². The van der Waals surface area contributed by atoms with E-state index in [0.29, 0.717) is 22.4 Å². The highest BCUT2D eigenvalue weighted by molar-refractivity contribution is 7.99. The molecule has 0 saturated heterocycles. The molecule has 0 aliphatic carbocycles. The van der Waals surface area contributed by atoms with Crippen LogP contribution >= 0.6 is 11.8 Å². The predicted molar refractivity (Wildman–Crippen MR) is 83.2 cm³/mol. The van der Waals surface area contributed by atoms with E-state index in [1.54, 1.807) is 13.0 Å². The lowest BCUT2D eigenvalue weighted by Crippen LogP contribution is -2.25. The van der Waals surface area contributed by atoms with Crippen LogP contribution < -0.4 is 20.5 Å². The van der Waals surface area contributed by atoms with Gasteiger partial charge in [-0.2, -0.15) is 0 Å². The number of carbonyl (C=O) groups excluding carboxylic acids is 1. The fraction of sp³-hybridized carbons (Fsp3) is 0.214. The number of aryl methyl sites for hydroxylation is 1. The second-order valence-corrected chi connectivity index (χ2v) is 5.83. The van der Waals surface area contributed by atoms with E-state index < -0.39 is 6.29 Å². The van der Waals surface area contributed by atoms with Gasteiger partial charge in [0.05, 0.1) is 5.75 Å². The number of nitrogen functional groups attached to an aromatic ring is 1. The van der Waals surface area contributed by atoms with E-state index in [4.69, 9.17) is 5.73 Å². The summed E-state index contributed by atoms with van der Waals surface area (Å²) in [5.41, 5.74) is 6.62. The molecular weight excluding hydrogens is 342 g/mol. The fourth-order valence-corrected chi connectivity index (χ4v) is 2.69. The number of aromatic nitrogens is 2. The van der Waals surface area contributed by atoms with Gasteiger partial charge in [-0.15, -0.1) is 8.78 Å². The van der Waals surface area contributed by atoms with Crippen LogP contribution in [-0.2, 0) is 4.79 Å². The van der Waals surface area contributed by atoms with E-state index >= 15 is 0 Å². The number of thioether (sulfide) groups is 1. The summed E-state index contributed by atoms with van der Waals surface area (Å²) in [4.78, 5) is 20.1. The Hall–Kier alpha value is -2.62. The van der Waals surface area contributed by atoms with Crippen LogP contribution in [0.15, 0.2) is 29.4 Å². The Kier molecular flexibility index (Phi) is 4.14. The molecule has 126 valence electrons. The molecular formula is C14H12F2N4O3S. The van der Waals surface area contributed by atoms with Gasteiger partial charge in [-0.3, -0.25) is 4.79 Å². The van der Waals surface area contributed by atoms with Crippen LogP contribution in [0.3, 0.4) is 0 Å². The summed E-state index contributed by atoms with van der Waals surface area (Å²) in [6.07, 6.45) is -3.69. The number of fused-ring (bicyclic) bond motifs is 1. The average molecular weight is 354 g/mol. The summed E-state index contributed by atoms with van der Waals surface area (Å²) in [6, 6.07) is 5.61. The van der Waals surface area contributed by atoms with E-state index in [1.165, 1.54) is 18.2 Å². The zero-order chi connectivity index (χ0) is 17.3. The molecule has 0 radical (unpaired) electrons. The number of ether oxygens (including phenoxy) is 2. The van der Waals surface area contributed by atoms with Gasteiger partial charge in [0.25, 0.3) is 0 Å². The molecule has 1 amide bonds. The quantitative estimate of drug-likeness (QED) is 0.642. The maximum Gasteiger partial charge on any atom is 0.586 e. The molecule has 7 nitrogen and oxygen atoms in total. The highest BCUT2D eigenvalue weighted by Gasteiger charge is 2.43. The molecule has 1 aliphatic rings. The zero-order valence-electron chi connectivity index (χ0n) is 12.4. The summed E-state index contributed by atoms with van der Waals surface area (Å²) >= 11 is 1.11. The topological polar surface area (TPSA) is 99.4 Å². The van der Waals surface area contributed by atoms with E-state index in [2.05, 4.69) is 24.8 Å². The number of nitrogens with two attached hydrogens (primary N) is 1. The number of carbonyl (C=O) groups is 1. The minimum atomic E-state index is -3.69. The van der Waals surface area contributed by atoms with Crippen molar-refractivity contribution in [3.8, 4) is 11.5 Å². The number of nitrogens with one attached hydrogen (secondary N) is 1. The molecule has 1 aromatic heterocycles. The summed E-state index contributed by atoms with van der Waals surface area (Å²) in [7, 11) is 0. The van der Waals surface area contributed by atoms with Crippen LogP contribution in [0.2, 0.25) is 0 Å². The minimum absolute atomic E-state index is 0.0352. The van der Waals surface area contributed by atoms with Gasteiger partial charge in [0.2, 0.25) is 5.91 Å². The SMILES string of the molecule is Cc1cc(N)nc(SCC(=O)Nc2ccc3c(c2)OC(F)(F)O3)n1. The van der Waals surface area contributed by atoms with Crippen LogP contribution in [0.4, 0.5) is 20.3 Å². The van der Waals surface area contributed by atoms with Crippen LogP contribution in [0.5, 0.6) is 11.5 Å². The number of anilines is 2. The van der Waals surface area contributed by atoms with E-state index in [9.17, 15) is 13.6 Å². The second-order valence-electron chi connectivity index (χ2n) is 4.88. The Morgan fingerprint density at radius 1 is 1.29 bits per heavy atom. The van der Waals surface area contributed by atoms with Crippen molar-refractivity contribution in [2.45, 2.75) is 18.4 Å². The largest absolute Gasteiger partial charge is 0.586 e. The molecule has 0 saturated carbocycles. The van der Waals surface area contributed by atoms with Gasteiger partial charge in [0, 0.05) is 23.5 Å². The van der Waals surface area contributed by atoms with E-state index in [-0.39, 0.29) is 23.2 Å². The van der Waals surface area contributed by atoms with Crippen LogP contribution in [0, 0.1) is 6.92 Å². The first-order valence-corrected chi connectivity index (χ1v) is 7.73. The van der Waals surface area contributed by atoms with Gasteiger partial charge in [-0.05, 0) is 19.1 Å². The molecule has 3 N–H and O–H groups in total. The molecule has 24 heavy (non-hydrogen) atoms. The first-order valence-electron chi connectivity index (χ1n) is 6.74. The van der Waals surface area contributed by atoms with Crippen LogP contribution in [0.25, 0.3) is 0 Å². The molecule has 1 aromatic carbocycles. The molecule has 10 heteroatoms. The highest BCUT2D eigenvalue weighted by atomic mass is 32.2. The van der Waals surface area contributed by atoms with Crippen LogP contribution in [0.1, 0.15) is 5.69 Å². The van der Waals surface area contributed by atoms with Gasteiger partial charge in [-0.1, -0.05) is 11.8 Å². The Labute approximate surface area is 139 Å². The summed E-state index contributed by atoms with van der Waals surface area (Å²) in [6.45, 7) is 1.77. The number of nitrogens with zero attached hydrogens (tertiary/aromatic N) is 2. The first-order chi connectivity index (χ1) is 11.3. The lowest BCUT2D eigenvalue weighted by molar-refractivity contribution is -0.286. The molecule has 2 aromatic rings. The third kappa shape index (κ3) is 3.82. The molecule has 0 fully saturated rings. The molecule has 2 heterocycles.